The molecule has 3 rings (SSSR count). The summed E-state index contributed by atoms with van der Waals surface area (Å²) in [6.07, 6.45) is 0.0397. The van der Waals surface area contributed by atoms with E-state index in [1.54, 1.807) is 17.9 Å². The van der Waals surface area contributed by atoms with Gasteiger partial charge in [-0.25, -0.2) is 0 Å². The lowest BCUT2D eigenvalue weighted by atomic mass is 10.1. The number of hydrogen-bond acceptors (Lipinski definition) is 5. The van der Waals surface area contributed by atoms with Crippen LogP contribution in [0, 0.1) is 17.2 Å². The molecule has 0 bridgehead atoms. The summed E-state index contributed by atoms with van der Waals surface area (Å²) in [4.78, 5) is 26.7. The van der Waals surface area contributed by atoms with Crippen LogP contribution >= 0.6 is 27.5 Å². The first-order valence-electron chi connectivity index (χ1n) is 8.57. The van der Waals surface area contributed by atoms with Crippen molar-refractivity contribution in [2.45, 2.75) is 13.3 Å². The van der Waals surface area contributed by atoms with Gasteiger partial charge in [0.05, 0.1) is 34.9 Å². The first-order valence-corrected chi connectivity index (χ1v) is 9.74. The molecule has 1 heterocycles. The number of rotatable bonds is 5. The molecule has 1 saturated heterocycles. The molecule has 28 heavy (non-hydrogen) atoms. The molecule has 1 unspecified atom stereocenters. The van der Waals surface area contributed by atoms with Crippen LogP contribution in [0.1, 0.15) is 18.9 Å². The smallest absolute Gasteiger partial charge is 0.316 e. The molecule has 1 aliphatic rings. The SMILES string of the molecule is CCOc1cc(C#N)cc(Cl)c1OC(=O)C1CC(=O)N(c2ccccc2Br)C1. The number of anilines is 1. The van der Waals surface area contributed by atoms with Gasteiger partial charge in [0, 0.05) is 23.5 Å². The molecule has 0 radical (unpaired) electrons. The second-order valence-electron chi connectivity index (χ2n) is 6.11. The third kappa shape index (κ3) is 4.13. The molecular formula is C20H16BrClN2O4. The summed E-state index contributed by atoms with van der Waals surface area (Å²) >= 11 is 9.61. The topological polar surface area (TPSA) is 79.6 Å². The number of esters is 1. The molecule has 2 aromatic carbocycles. The molecule has 0 aromatic heterocycles. The zero-order valence-corrected chi connectivity index (χ0v) is 17.3. The van der Waals surface area contributed by atoms with Crippen molar-refractivity contribution in [2.24, 2.45) is 5.92 Å². The van der Waals surface area contributed by atoms with Crippen LogP contribution in [-0.2, 0) is 9.59 Å². The van der Waals surface area contributed by atoms with Gasteiger partial charge >= 0.3 is 5.97 Å². The Morgan fingerprint density at radius 1 is 1.39 bits per heavy atom. The Balaban J connectivity index is 1.80. The lowest BCUT2D eigenvalue weighted by Gasteiger charge is -2.18. The van der Waals surface area contributed by atoms with Crippen molar-refractivity contribution in [3.05, 3.63) is 51.5 Å². The Hall–Kier alpha value is -2.56. The average molecular weight is 464 g/mol. The lowest BCUT2D eigenvalue weighted by molar-refractivity contribution is -0.139. The van der Waals surface area contributed by atoms with Gasteiger partial charge in [0.1, 0.15) is 0 Å². The Morgan fingerprint density at radius 3 is 2.82 bits per heavy atom. The van der Waals surface area contributed by atoms with Crippen LogP contribution in [0.4, 0.5) is 5.69 Å². The van der Waals surface area contributed by atoms with Crippen LogP contribution in [-0.4, -0.2) is 25.0 Å². The number of carbonyl (C=O) groups excluding carboxylic acids is 2. The van der Waals surface area contributed by atoms with Crippen molar-refractivity contribution >= 4 is 45.1 Å². The molecular weight excluding hydrogens is 448 g/mol. The Kier molecular flexibility index (Phi) is 6.22. The van der Waals surface area contributed by atoms with E-state index < -0.39 is 11.9 Å². The zero-order valence-electron chi connectivity index (χ0n) is 14.9. The van der Waals surface area contributed by atoms with Crippen molar-refractivity contribution in [3.63, 3.8) is 0 Å². The summed E-state index contributed by atoms with van der Waals surface area (Å²) < 4.78 is 11.7. The fraction of sp³-hybridized carbons (Fsp3) is 0.250. The minimum atomic E-state index is -0.638. The van der Waals surface area contributed by atoms with E-state index in [9.17, 15) is 9.59 Å². The van der Waals surface area contributed by atoms with Crippen LogP contribution in [0.15, 0.2) is 40.9 Å². The van der Waals surface area contributed by atoms with Crippen LogP contribution in [0.3, 0.4) is 0 Å². The maximum absolute atomic E-state index is 12.7. The van der Waals surface area contributed by atoms with Gasteiger partial charge in [0.25, 0.3) is 0 Å². The van der Waals surface area contributed by atoms with Crippen molar-refractivity contribution < 1.29 is 19.1 Å². The van der Waals surface area contributed by atoms with E-state index in [1.807, 2.05) is 24.3 Å². The molecule has 1 amide bonds. The van der Waals surface area contributed by atoms with Crippen molar-refractivity contribution in [2.75, 3.05) is 18.1 Å². The Labute approximate surface area is 175 Å². The number of nitriles is 1. The first kappa shape index (κ1) is 20.2. The summed E-state index contributed by atoms with van der Waals surface area (Å²) in [7, 11) is 0. The average Bonchev–Trinajstić information content (AvgIpc) is 3.06. The second kappa shape index (κ2) is 8.63. The van der Waals surface area contributed by atoms with E-state index in [1.165, 1.54) is 12.1 Å². The van der Waals surface area contributed by atoms with Crippen LogP contribution in [0.25, 0.3) is 0 Å². The highest BCUT2D eigenvalue weighted by molar-refractivity contribution is 9.10. The maximum atomic E-state index is 12.7. The molecule has 2 aromatic rings. The fourth-order valence-corrected chi connectivity index (χ4v) is 3.70. The fourth-order valence-electron chi connectivity index (χ4n) is 2.95. The molecule has 0 aliphatic carbocycles. The Morgan fingerprint density at radius 2 is 2.14 bits per heavy atom. The number of amides is 1. The zero-order chi connectivity index (χ0) is 20.3. The highest BCUT2D eigenvalue weighted by Crippen LogP contribution is 2.38. The van der Waals surface area contributed by atoms with Gasteiger partial charge in [-0.1, -0.05) is 23.7 Å². The summed E-state index contributed by atoms with van der Waals surface area (Å²) in [5, 5.41) is 9.17. The van der Waals surface area contributed by atoms with Crippen molar-refractivity contribution in [1.29, 1.82) is 5.26 Å². The first-order chi connectivity index (χ1) is 13.4. The second-order valence-corrected chi connectivity index (χ2v) is 7.37. The summed E-state index contributed by atoms with van der Waals surface area (Å²) in [6, 6.07) is 12.2. The van der Waals surface area contributed by atoms with Gasteiger partial charge < -0.3 is 14.4 Å². The van der Waals surface area contributed by atoms with Gasteiger partial charge in [0.15, 0.2) is 11.5 Å². The maximum Gasteiger partial charge on any atom is 0.316 e. The highest BCUT2D eigenvalue weighted by atomic mass is 79.9. The number of carbonyl (C=O) groups is 2. The summed E-state index contributed by atoms with van der Waals surface area (Å²) in [5.74, 6) is -1.10. The van der Waals surface area contributed by atoms with Crippen molar-refractivity contribution in [3.8, 4) is 17.6 Å². The predicted octanol–water partition coefficient (Wildman–Crippen LogP) is 4.33. The van der Waals surface area contributed by atoms with E-state index >= 15 is 0 Å². The lowest BCUT2D eigenvalue weighted by Crippen LogP contribution is -2.27. The number of hydrogen-bond donors (Lipinski definition) is 0. The largest absolute Gasteiger partial charge is 0.490 e. The molecule has 8 heteroatoms. The highest BCUT2D eigenvalue weighted by Gasteiger charge is 2.37. The quantitative estimate of drug-likeness (QED) is 0.487. The normalized spacial score (nSPS) is 16.0. The molecule has 144 valence electrons. The van der Waals surface area contributed by atoms with Crippen LogP contribution in [0.5, 0.6) is 11.5 Å². The molecule has 0 saturated carbocycles. The third-order valence-corrected chi connectivity index (χ3v) is 5.19. The van der Waals surface area contributed by atoms with E-state index in [4.69, 9.17) is 26.3 Å². The summed E-state index contributed by atoms with van der Waals surface area (Å²) in [6.45, 7) is 2.29. The monoisotopic (exact) mass is 462 g/mol. The number of para-hydroxylation sites is 1. The van der Waals surface area contributed by atoms with Gasteiger partial charge in [-0.2, -0.15) is 5.26 Å². The van der Waals surface area contributed by atoms with Crippen LogP contribution < -0.4 is 14.4 Å². The van der Waals surface area contributed by atoms with E-state index in [-0.39, 0.29) is 35.4 Å². The molecule has 1 fully saturated rings. The standard InChI is InChI=1S/C20H16BrClN2O4/c1-2-27-17-8-12(10-23)7-15(22)19(17)28-20(26)13-9-18(25)24(11-13)16-6-4-3-5-14(16)21/h3-8,13H,2,9,11H2,1H3. The van der Waals surface area contributed by atoms with Gasteiger partial charge in [-0.05, 0) is 41.1 Å². The van der Waals surface area contributed by atoms with Gasteiger partial charge in [-0.15, -0.1) is 0 Å². The molecule has 1 aliphatic heterocycles. The van der Waals surface area contributed by atoms with Gasteiger partial charge in [-0.3, -0.25) is 9.59 Å². The molecule has 0 N–H and O–H groups in total. The Bertz CT molecular complexity index is 973. The molecule has 1 atom stereocenters. The minimum Gasteiger partial charge on any atom is -0.490 e. The summed E-state index contributed by atoms with van der Waals surface area (Å²) in [5.41, 5.74) is 0.999. The number of halogens is 2. The minimum absolute atomic E-state index is 0.0397. The number of benzene rings is 2. The van der Waals surface area contributed by atoms with E-state index in [0.717, 1.165) is 4.47 Å². The van der Waals surface area contributed by atoms with Crippen molar-refractivity contribution in [1.82, 2.24) is 0 Å². The van der Waals surface area contributed by atoms with Crippen LogP contribution in [0.2, 0.25) is 5.02 Å². The predicted molar refractivity (Wildman–Crippen MR) is 108 cm³/mol. The molecule has 6 nitrogen and oxygen atoms in total. The van der Waals surface area contributed by atoms with E-state index in [2.05, 4.69) is 15.9 Å². The third-order valence-electron chi connectivity index (χ3n) is 4.24. The van der Waals surface area contributed by atoms with Gasteiger partial charge in [0.2, 0.25) is 5.91 Å². The number of ether oxygens (including phenoxy) is 2. The number of nitrogens with zero attached hydrogens (tertiary/aromatic N) is 2. The molecule has 0 spiro atoms. The van der Waals surface area contributed by atoms with E-state index in [0.29, 0.717) is 17.9 Å².